The minimum Gasteiger partial charge on any atom is -0.316 e. The Morgan fingerprint density at radius 1 is 1.00 bits per heavy atom. The van der Waals surface area contributed by atoms with E-state index in [1.165, 1.54) is 17.7 Å². The summed E-state index contributed by atoms with van der Waals surface area (Å²) in [7, 11) is 0. The van der Waals surface area contributed by atoms with Gasteiger partial charge in [0.2, 0.25) is 0 Å². The minimum absolute atomic E-state index is 0.359. The van der Waals surface area contributed by atoms with Gasteiger partial charge in [-0.3, -0.25) is 10.1 Å². The van der Waals surface area contributed by atoms with E-state index in [0.717, 1.165) is 24.0 Å². The molecule has 2 fully saturated rings. The van der Waals surface area contributed by atoms with Crippen LogP contribution in [0.3, 0.4) is 0 Å². The van der Waals surface area contributed by atoms with Crippen molar-refractivity contribution in [1.82, 2.24) is 10.6 Å². The lowest BCUT2D eigenvalue weighted by molar-refractivity contribution is -0.122. The topological polar surface area (TPSA) is 58.2 Å². The predicted octanol–water partition coefficient (Wildman–Crippen LogP) is 2.77. The molecule has 1 atom stereocenters. The van der Waals surface area contributed by atoms with Gasteiger partial charge in [0.15, 0.2) is 5.54 Å². The fourth-order valence-electron chi connectivity index (χ4n) is 3.82. The second-order valence-electron chi connectivity index (χ2n) is 6.43. The number of imide groups is 1. The maximum atomic E-state index is 13.7. The SMILES string of the molecule is O=C1NC(=O)C2(N1)c1ccc(F)cc1-c1ccc(C3CC3)cc12. The Labute approximate surface area is 131 Å². The molecule has 23 heavy (non-hydrogen) atoms. The molecular formula is C18H13FN2O2. The van der Waals surface area contributed by atoms with Crippen molar-refractivity contribution in [2.24, 2.45) is 0 Å². The van der Waals surface area contributed by atoms with Crippen LogP contribution in [0.15, 0.2) is 36.4 Å². The first kappa shape index (κ1) is 12.8. The van der Waals surface area contributed by atoms with Crippen molar-refractivity contribution in [3.8, 4) is 11.1 Å². The van der Waals surface area contributed by atoms with Crippen molar-refractivity contribution in [3.05, 3.63) is 58.9 Å². The van der Waals surface area contributed by atoms with E-state index in [4.69, 9.17) is 0 Å². The zero-order valence-corrected chi connectivity index (χ0v) is 12.2. The van der Waals surface area contributed by atoms with Gasteiger partial charge in [-0.15, -0.1) is 0 Å². The molecule has 1 aliphatic heterocycles. The number of nitrogens with one attached hydrogen (secondary N) is 2. The zero-order valence-electron chi connectivity index (χ0n) is 12.2. The van der Waals surface area contributed by atoms with E-state index < -0.39 is 17.5 Å². The molecule has 5 heteroatoms. The number of carbonyl (C=O) groups is 2. The Hall–Kier alpha value is -2.69. The van der Waals surface area contributed by atoms with Crippen LogP contribution >= 0.6 is 0 Å². The van der Waals surface area contributed by atoms with Crippen LogP contribution < -0.4 is 10.6 Å². The summed E-state index contributed by atoms with van der Waals surface area (Å²) in [4.78, 5) is 24.4. The monoisotopic (exact) mass is 308 g/mol. The number of halogens is 1. The molecule has 2 aromatic carbocycles. The zero-order chi connectivity index (χ0) is 15.8. The van der Waals surface area contributed by atoms with Gasteiger partial charge in [-0.25, -0.2) is 9.18 Å². The van der Waals surface area contributed by atoms with Gasteiger partial charge in [0.25, 0.3) is 5.91 Å². The van der Waals surface area contributed by atoms with E-state index >= 15 is 0 Å². The van der Waals surface area contributed by atoms with Gasteiger partial charge in [-0.1, -0.05) is 24.3 Å². The fourth-order valence-corrected chi connectivity index (χ4v) is 3.82. The van der Waals surface area contributed by atoms with E-state index in [0.29, 0.717) is 17.0 Å². The Bertz CT molecular complexity index is 904. The number of hydrogen-bond acceptors (Lipinski definition) is 2. The third-order valence-corrected chi connectivity index (χ3v) is 5.04. The van der Waals surface area contributed by atoms with Crippen molar-refractivity contribution in [1.29, 1.82) is 0 Å². The first-order valence-corrected chi connectivity index (χ1v) is 7.68. The van der Waals surface area contributed by atoms with Crippen molar-refractivity contribution in [3.63, 3.8) is 0 Å². The molecule has 2 aliphatic carbocycles. The molecule has 1 spiro atoms. The summed E-state index contributed by atoms with van der Waals surface area (Å²) in [6, 6.07) is 9.80. The van der Waals surface area contributed by atoms with Crippen LogP contribution in [-0.2, 0) is 10.3 Å². The molecule has 2 aromatic rings. The van der Waals surface area contributed by atoms with Gasteiger partial charge < -0.3 is 5.32 Å². The number of urea groups is 1. The number of carbonyl (C=O) groups excluding carboxylic acids is 2. The Morgan fingerprint density at radius 2 is 1.83 bits per heavy atom. The van der Waals surface area contributed by atoms with Crippen LogP contribution in [0.25, 0.3) is 11.1 Å². The standard InChI is InChI=1S/C18H13FN2O2/c19-11-4-6-14-13(8-11)12-5-3-10(9-1-2-9)7-15(12)18(14)16(22)20-17(23)21-18/h3-9H,1-2H2,(H2,20,21,22,23). The highest BCUT2D eigenvalue weighted by Gasteiger charge is 2.55. The molecule has 3 aliphatic rings. The van der Waals surface area contributed by atoms with Gasteiger partial charge in [0.05, 0.1) is 0 Å². The molecule has 1 unspecified atom stereocenters. The molecule has 0 bridgehead atoms. The van der Waals surface area contributed by atoms with Gasteiger partial charge in [0.1, 0.15) is 5.82 Å². The third kappa shape index (κ3) is 1.54. The van der Waals surface area contributed by atoms with E-state index in [-0.39, 0.29) is 5.82 Å². The second kappa shape index (κ2) is 3.98. The largest absolute Gasteiger partial charge is 0.322 e. The first-order chi connectivity index (χ1) is 11.1. The van der Waals surface area contributed by atoms with E-state index in [2.05, 4.69) is 10.6 Å². The van der Waals surface area contributed by atoms with E-state index in [1.54, 1.807) is 6.07 Å². The van der Waals surface area contributed by atoms with Crippen LogP contribution in [0.5, 0.6) is 0 Å². The lowest BCUT2D eigenvalue weighted by Crippen LogP contribution is -2.43. The molecule has 1 saturated heterocycles. The Balaban J connectivity index is 1.83. The number of hydrogen-bond donors (Lipinski definition) is 2. The summed E-state index contributed by atoms with van der Waals surface area (Å²) in [6.07, 6.45) is 2.29. The summed E-state index contributed by atoms with van der Waals surface area (Å²) in [6.45, 7) is 0. The lowest BCUT2D eigenvalue weighted by Gasteiger charge is -2.23. The smallest absolute Gasteiger partial charge is 0.316 e. The molecule has 1 saturated carbocycles. The molecule has 4 nitrogen and oxygen atoms in total. The van der Waals surface area contributed by atoms with Gasteiger partial charge in [-0.05, 0) is 58.7 Å². The maximum Gasteiger partial charge on any atom is 0.322 e. The van der Waals surface area contributed by atoms with E-state index in [1.807, 2.05) is 18.2 Å². The first-order valence-electron chi connectivity index (χ1n) is 7.68. The summed E-state index contributed by atoms with van der Waals surface area (Å²) in [5, 5.41) is 5.10. The van der Waals surface area contributed by atoms with Crippen molar-refractivity contribution >= 4 is 11.9 Å². The molecular weight excluding hydrogens is 295 g/mol. The quantitative estimate of drug-likeness (QED) is 0.796. The maximum absolute atomic E-state index is 13.7. The van der Waals surface area contributed by atoms with Gasteiger partial charge in [0, 0.05) is 0 Å². The van der Waals surface area contributed by atoms with Crippen LogP contribution in [-0.4, -0.2) is 11.9 Å². The van der Waals surface area contributed by atoms with Crippen molar-refractivity contribution in [2.45, 2.75) is 24.3 Å². The van der Waals surface area contributed by atoms with E-state index in [9.17, 15) is 14.0 Å². The highest BCUT2D eigenvalue weighted by molar-refractivity contribution is 6.13. The summed E-state index contributed by atoms with van der Waals surface area (Å²) < 4.78 is 13.7. The number of rotatable bonds is 1. The normalized spacial score (nSPS) is 24.4. The molecule has 3 amide bonds. The van der Waals surface area contributed by atoms with Crippen LogP contribution in [0.4, 0.5) is 9.18 Å². The minimum atomic E-state index is -1.24. The summed E-state index contributed by atoms with van der Waals surface area (Å²) >= 11 is 0. The molecule has 5 rings (SSSR count). The van der Waals surface area contributed by atoms with Crippen LogP contribution in [0.1, 0.15) is 35.4 Å². The second-order valence-corrected chi connectivity index (χ2v) is 6.43. The Morgan fingerprint density at radius 3 is 2.52 bits per heavy atom. The van der Waals surface area contributed by atoms with Crippen molar-refractivity contribution < 1.29 is 14.0 Å². The fraction of sp³-hybridized carbons (Fsp3) is 0.222. The van der Waals surface area contributed by atoms with Crippen molar-refractivity contribution in [2.75, 3.05) is 0 Å². The molecule has 0 radical (unpaired) electrons. The van der Waals surface area contributed by atoms with Gasteiger partial charge >= 0.3 is 6.03 Å². The summed E-state index contributed by atoms with van der Waals surface area (Å²) in [5.41, 5.74) is 2.78. The predicted molar refractivity (Wildman–Crippen MR) is 81.3 cm³/mol. The van der Waals surface area contributed by atoms with Gasteiger partial charge in [-0.2, -0.15) is 0 Å². The molecule has 114 valence electrons. The lowest BCUT2D eigenvalue weighted by atomic mass is 9.86. The number of benzene rings is 2. The Kier molecular flexibility index (Phi) is 2.22. The average molecular weight is 308 g/mol. The summed E-state index contributed by atoms with van der Waals surface area (Å²) in [5.74, 6) is -0.234. The molecule has 0 aromatic heterocycles. The number of fused-ring (bicyclic) bond motifs is 5. The number of amides is 3. The highest BCUT2D eigenvalue weighted by Crippen LogP contribution is 2.51. The third-order valence-electron chi connectivity index (χ3n) is 5.04. The highest BCUT2D eigenvalue weighted by atomic mass is 19.1. The molecule has 1 heterocycles. The average Bonchev–Trinajstić information content (AvgIpc) is 3.28. The van der Waals surface area contributed by atoms with Crippen LogP contribution in [0, 0.1) is 5.82 Å². The van der Waals surface area contributed by atoms with Crippen LogP contribution in [0.2, 0.25) is 0 Å². The molecule has 2 N–H and O–H groups in total.